The van der Waals surface area contributed by atoms with Crippen LogP contribution in [-0.2, 0) is 11.2 Å². The maximum absolute atomic E-state index is 13.1. The van der Waals surface area contributed by atoms with Gasteiger partial charge in [-0.15, -0.1) is 0 Å². The number of rotatable bonds is 5. The Morgan fingerprint density at radius 2 is 2.08 bits per heavy atom. The molecule has 1 unspecified atom stereocenters. The largest absolute Gasteiger partial charge is 0.378 e. The molecule has 0 aromatic heterocycles. The molecule has 0 aliphatic carbocycles. The predicted molar refractivity (Wildman–Crippen MR) is 96.5 cm³/mol. The summed E-state index contributed by atoms with van der Waals surface area (Å²) in [5.74, 6) is 0.133. The highest BCUT2D eigenvalue weighted by Crippen LogP contribution is 2.26. The maximum atomic E-state index is 13.1. The van der Waals surface area contributed by atoms with Crippen molar-refractivity contribution in [1.29, 1.82) is 0 Å². The second kappa shape index (κ2) is 8.15. The Hall–Kier alpha value is -0.650. The van der Waals surface area contributed by atoms with E-state index in [1.165, 1.54) is 0 Å². The van der Waals surface area contributed by atoms with Crippen molar-refractivity contribution < 1.29 is 9.90 Å². The summed E-state index contributed by atoms with van der Waals surface area (Å²) in [6.45, 7) is 1.71. The van der Waals surface area contributed by atoms with Crippen molar-refractivity contribution in [2.24, 2.45) is 0 Å². The molecular formula is C18H24Cl2N2O2. The Labute approximate surface area is 153 Å². The number of nitrogens with one attached hydrogen (secondary N) is 1. The highest BCUT2D eigenvalue weighted by molar-refractivity contribution is 6.42. The van der Waals surface area contributed by atoms with Crippen LogP contribution in [0.15, 0.2) is 18.2 Å². The molecule has 24 heavy (non-hydrogen) atoms. The van der Waals surface area contributed by atoms with Crippen LogP contribution in [0.2, 0.25) is 10.0 Å². The number of likely N-dealkylation sites (tertiary alicyclic amines) is 1. The van der Waals surface area contributed by atoms with E-state index in [1.54, 1.807) is 12.1 Å². The summed E-state index contributed by atoms with van der Waals surface area (Å²) in [5, 5.41) is 14.7. The van der Waals surface area contributed by atoms with Gasteiger partial charge in [-0.05, 0) is 49.9 Å². The highest BCUT2D eigenvalue weighted by Gasteiger charge is 2.39. The van der Waals surface area contributed by atoms with Crippen LogP contribution in [0.25, 0.3) is 0 Å². The summed E-state index contributed by atoms with van der Waals surface area (Å²) < 4.78 is 0. The monoisotopic (exact) mass is 370 g/mol. The molecule has 2 heterocycles. The number of carbonyl (C=O) groups is 1. The molecule has 132 valence electrons. The van der Waals surface area contributed by atoms with Gasteiger partial charge in [-0.2, -0.15) is 0 Å². The maximum Gasteiger partial charge on any atom is 0.155 e. The first-order valence-electron chi connectivity index (χ1n) is 8.70. The number of hydrogen-bond donors (Lipinski definition) is 2. The molecule has 2 aliphatic heterocycles. The predicted octanol–water partition coefficient (Wildman–Crippen LogP) is 3.03. The van der Waals surface area contributed by atoms with Crippen LogP contribution in [0.1, 0.15) is 37.7 Å². The molecule has 3 rings (SSSR count). The molecule has 2 saturated heterocycles. The molecule has 6 heteroatoms. The first kappa shape index (κ1) is 18.2. The number of Topliss-reactive ketones (excluding diaryl/α,β-unsaturated/α-hetero) is 1. The van der Waals surface area contributed by atoms with Gasteiger partial charge >= 0.3 is 0 Å². The van der Waals surface area contributed by atoms with Crippen molar-refractivity contribution >= 4 is 29.0 Å². The quantitative estimate of drug-likeness (QED) is 0.836. The van der Waals surface area contributed by atoms with Crippen molar-refractivity contribution in [2.45, 2.75) is 56.8 Å². The first-order valence-corrected chi connectivity index (χ1v) is 9.45. The summed E-state index contributed by atoms with van der Waals surface area (Å²) in [6.07, 6.45) is 4.71. The van der Waals surface area contributed by atoms with Gasteiger partial charge in [-0.3, -0.25) is 9.69 Å². The highest BCUT2D eigenvalue weighted by atomic mass is 35.5. The minimum absolute atomic E-state index is 0.113. The van der Waals surface area contributed by atoms with Crippen molar-refractivity contribution in [1.82, 2.24) is 10.2 Å². The van der Waals surface area contributed by atoms with E-state index in [0.29, 0.717) is 16.5 Å². The fourth-order valence-corrected chi connectivity index (χ4v) is 4.16. The molecule has 0 amide bonds. The van der Waals surface area contributed by atoms with Gasteiger partial charge in [0.2, 0.25) is 0 Å². The van der Waals surface area contributed by atoms with E-state index in [2.05, 4.69) is 5.32 Å². The molecule has 0 saturated carbocycles. The number of benzene rings is 1. The van der Waals surface area contributed by atoms with Crippen LogP contribution in [-0.4, -0.2) is 47.2 Å². The SMILES string of the molecule is O=C(Cc1ccc(Cl)c(Cl)c1)[C@H](C1CCCCN1)N1CCC[C@@H]1O. The van der Waals surface area contributed by atoms with Crippen LogP contribution >= 0.6 is 23.2 Å². The molecule has 3 atom stereocenters. The number of aliphatic hydroxyl groups excluding tert-OH is 1. The van der Waals surface area contributed by atoms with Crippen LogP contribution in [0.4, 0.5) is 0 Å². The minimum Gasteiger partial charge on any atom is -0.378 e. The number of nitrogens with zero attached hydrogens (tertiary/aromatic N) is 1. The van der Waals surface area contributed by atoms with Gasteiger partial charge in [-0.1, -0.05) is 35.7 Å². The third kappa shape index (κ3) is 4.12. The summed E-state index contributed by atoms with van der Waals surface area (Å²) in [4.78, 5) is 15.0. The molecule has 4 nitrogen and oxygen atoms in total. The minimum atomic E-state index is -0.517. The van der Waals surface area contributed by atoms with Gasteiger partial charge in [0.15, 0.2) is 5.78 Å². The molecular weight excluding hydrogens is 347 g/mol. The van der Waals surface area contributed by atoms with Crippen molar-refractivity contribution in [3.05, 3.63) is 33.8 Å². The Morgan fingerprint density at radius 1 is 1.25 bits per heavy atom. The average Bonchev–Trinajstić information content (AvgIpc) is 2.98. The lowest BCUT2D eigenvalue weighted by Gasteiger charge is -2.37. The van der Waals surface area contributed by atoms with Gasteiger partial charge in [-0.25, -0.2) is 0 Å². The summed E-state index contributed by atoms with van der Waals surface area (Å²) in [5.41, 5.74) is 0.865. The van der Waals surface area contributed by atoms with Crippen LogP contribution in [0.3, 0.4) is 0 Å². The Morgan fingerprint density at radius 3 is 2.71 bits per heavy atom. The first-order chi connectivity index (χ1) is 11.6. The molecule has 2 fully saturated rings. The zero-order valence-electron chi connectivity index (χ0n) is 13.7. The Kier molecular flexibility index (Phi) is 6.17. The standard InChI is InChI=1S/C18H24Cl2N2O2/c19-13-7-6-12(10-14(13)20)11-16(23)18(15-4-1-2-8-21-15)22-9-3-5-17(22)24/h6-7,10,15,17-18,21,24H,1-5,8-9,11H2/t15?,17-,18-/m0/s1. The average molecular weight is 371 g/mol. The van der Waals surface area contributed by atoms with Crippen molar-refractivity contribution in [3.8, 4) is 0 Å². The van der Waals surface area contributed by atoms with E-state index in [9.17, 15) is 9.90 Å². The Bertz CT molecular complexity index is 590. The van der Waals surface area contributed by atoms with Crippen LogP contribution in [0.5, 0.6) is 0 Å². The molecule has 1 aromatic carbocycles. The molecule has 1 aromatic rings. The topological polar surface area (TPSA) is 52.6 Å². The molecule has 2 N–H and O–H groups in total. The van der Waals surface area contributed by atoms with Gasteiger partial charge < -0.3 is 10.4 Å². The van der Waals surface area contributed by atoms with E-state index in [0.717, 1.165) is 50.8 Å². The lowest BCUT2D eigenvalue weighted by molar-refractivity contribution is -0.128. The summed E-state index contributed by atoms with van der Waals surface area (Å²) in [7, 11) is 0. The van der Waals surface area contributed by atoms with Crippen LogP contribution in [0, 0.1) is 0 Å². The zero-order chi connectivity index (χ0) is 17.1. The smallest absolute Gasteiger partial charge is 0.155 e. The number of ketones is 1. The third-order valence-electron chi connectivity index (χ3n) is 5.04. The van der Waals surface area contributed by atoms with E-state index in [-0.39, 0.29) is 17.9 Å². The molecule has 2 aliphatic rings. The fraction of sp³-hybridized carbons (Fsp3) is 0.611. The van der Waals surface area contributed by atoms with Crippen molar-refractivity contribution in [2.75, 3.05) is 13.1 Å². The van der Waals surface area contributed by atoms with E-state index in [1.807, 2.05) is 11.0 Å². The van der Waals surface area contributed by atoms with Gasteiger partial charge in [0.05, 0.1) is 16.1 Å². The van der Waals surface area contributed by atoms with Gasteiger partial charge in [0.1, 0.15) is 6.23 Å². The lowest BCUT2D eigenvalue weighted by Crippen LogP contribution is -2.57. The number of halogens is 2. The number of hydrogen-bond acceptors (Lipinski definition) is 4. The van der Waals surface area contributed by atoms with Gasteiger partial charge in [0, 0.05) is 19.0 Å². The van der Waals surface area contributed by atoms with Crippen molar-refractivity contribution in [3.63, 3.8) is 0 Å². The molecule has 0 spiro atoms. The fourth-order valence-electron chi connectivity index (χ4n) is 3.84. The number of piperidine rings is 1. The number of carbonyl (C=O) groups excluding carboxylic acids is 1. The van der Waals surface area contributed by atoms with E-state index in [4.69, 9.17) is 23.2 Å². The number of aliphatic hydroxyl groups is 1. The van der Waals surface area contributed by atoms with E-state index >= 15 is 0 Å². The van der Waals surface area contributed by atoms with Crippen LogP contribution < -0.4 is 5.32 Å². The summed E-state index contributed by atoms with van der Waals surface area (Å²) >= 11 is 12.0. The lowest BCUT2D eigenvalue weighted by atomic mass is 9.91. The van der Waals surface area contributed by atoms with E-state index < -0.39 is 6.23 Å². The summed E-state index contributed by atoms with van der Waals surface area (Å²) in [6, 6.07) is 5.16. The molecule has 0 bridgehead atoms. The molecule has 0 radical (unpaired) electrons. The van der Waals surface area contributed by atoms with Gasteiger partial charge in [0.25, 0.3) is 0 Å². The third-order valence-corrected chi connectivity index (χ3v) is 5.78. The zero-order valence-corrected chi connectivity index (χ0v) is 15.2. The normalized spacial score (nSPS) is 26.5. The second-order valence-electron chi connectivity index (χ2n) is 6.75. The Balaban J connectivity index is 1.78. The second-order valence-corrected chi connectivity index (χ2v) is 7.57.